The van der Waals surface area contributed by atoms with Crippen LogP contribution in [0, 0.1) is 0 Å². The average Bonchev–Trinajstić information content (AvgIpc) is 3.26. The Morgan fingerprint density at radius 1 is 1.27 bits per heavy atom. The van der Waals surface area contributed by atoms with Crippen LogP contribution in [0.1, 0.15) is 34.8 Å². The molecule has 1 aromatic heterocycles. The zero-order valence-corrected chi connectivity index (χ0v) is 14.6. The number of nitrogens with zero attached hydrogens (tertiary/aromatic N) is 4. The van der Waals surface area contributed by atoms with Gasteiger partial charge in [-0.1, -0.05) is 6.07 Å². The van der Waals surface area contributed by atoms with Crippen molar-refractivity contribution in [2.75, 3.05) is 24.5 Å². The van der Waals surface area contributed by atoms with Crippen LogP contribution >= 0.6 is 0 Å². The lowest BCUT2D eigenvalue weighted by molar-refractivity contribution is 0.0705. The van der Waals surface area contributed by atoms with Crippen LogP contribution in [0.3, 0.4) is 0 Å². The van der Waals surface area contributed by atoms with E-state index >= 15 is 0 Å². The van der Waals surface area contributed by atoms with E-state index in [-0.39, 0.29) is 11.9 Å². The monoisotopic (exact) mass is 355 g/mol. The van der Waals surface area contributed by atoms with Crippen LogP contribution < -0.4 is 10.2 Å². The van der Waals surface area contributed by atoms with Crippen molar-refractivity contribution in [1.82, 2.24) is 20.0 Å². The van der Waals surface area contributed by atoms with E-state index in [0.29, 0.717) is 44.0 Å². The highest BCUT2D eigenvalue weighted by Gasteiger charge is 2.26. The molecule has 1 aromatic carbocycles. The summed E-state index contributed by atoms with van der Waals surface area (Å²) in [5.74, 6) is -0.0718. The summed E-state index contributed by atoms with van der Waals surface area (Å²) in [5, 5.41) is 16.8. The standard InChI is InChI=1S/C18H21N5O3/c1-12(24)16-10-15-11-21(7-8-23(15)20-16)17(25)13-3-2-4-14(9-13)22-6-5-19-18(22)26/h2-4,9-10,12,24H,5-8,11H2,1H3,(H,19,26)/t12-/m0/s1. The molecule has 4 rings (SSSR count). The number of aromatic nitrogens is 2. The van der Waals surface area contributed by atoms with E-state index in [0.717, 1.165) is 11.4 Å². The minimum atomic E-state index is -0.624. The summed E-state index contributed by atoms with van der Waals surface area (Å²) in [4.78, 5) is 28.2. The molecule has 0 saturated carbocycles. The van der Waals surface area contributed by atoms with Crippen molar-refractivity contribution in [3.8, 4) is 0 Å². The summed E-state index contributed by atoms with van der Waals surface area (Å²) in [6.07, 6.45) is -0.624. The molecule has 2 N–H and O–H groups in total. The molecule has 0 unspecified atom stereocenters. The van der Waals surface area contributed by atoms with Gasteiger partial charge in [0, 0.05) is 30.9 Å². The molecule has 3 heterocycles. The molecule has 0 radical (unpaired) electrons. The van der Waals surface area contributed by atoms with E-state index in [2.05, 4.69) is 10.4 Å². The highest BCUT2D eigenvalue weighted by molar-refractivity contribution is 5.98. The van der Waals surface area contributed by atoms with Crippen molar-refractivity contribution in [1.29, 1.82) is 0 Å². The number of aliphatic hydroxyl groups excluding tert-OH is 1. The molecular formula is C18H21N5O3. The maximum Gasteiger partial charge on any atom is 0.321 e. The van der Waals surface area contributed by atoms with Crippen molar-refractivity contribution in [2.24, 2.45) is 0 Å². The molecule has 0 bridgehead atoms. The summed E-state index contributed by atoms with van der Waals surface area (Å²) in [7, 11) is 0. The first-order chi connectivity index (χ1) is 12.5. The highest BCUT2D eigenvalue weighted by Crippen LogP contribution is 2.22. The van der Waals surface area contributed by atoms with Gasteiger partial charge in [0.2, 0.25) is 0 Å². The van der Waals surface area contributed by atoms with E-state index in [1.807, 2.05) is 16.8 Å². The Kier molecular flexibility index (Phi) is 4.12. The Balaban J connectivity index is 1.53. The maximum atomic E-state index is 12.9. The first-order valence-corrected chi connectivity index (χ1v) is 8.72. The van der Waals surface area contributed by atoms with Crippen LogP contribution in [0.2, 0.25) is 0 Å². The number of anilines is 1. The molecular weight excluding hydrogens is 334 g/mol. The lowest BCUT2D eigenvalue weighted by atomic mass is 10.1. The SMILES string of the molecule is C[C@H](O)c1cc2n(n1)CCN(C(=O)c1cccc(N3CCNC3=O)c1)C2. The Labute approximate surface area is 151 Å². The first kappa shape index (κ1) is 16.6. The van der Waals surface area contributed by atoms with E-state index in [1.54, 1.807) is 34.9 Å². The number of hydrogen-bond acceptors (Lipinski definition) is 4. The second-order valence-electron chi connectivity index (χ2n) is 6.62. The van der Waals surface area contributed by atoms with E-state index in [9.17, 15) is 14.7 Å². The number of fused-ring (bicyclic) bond motifs is 1. The van der Waals surface area contributed by atoms with E-state index < -0.39 is 6.10 Å². The summed E-state index contributed by atoms with van der Waals surface area (Å²) in [5.41, 5.74) is 2.82. The predicted octanol–water partition coefficient (Wildman–Crippen LogP) is 1.12. The average molecular weight is 355 g/mol. The molecule has 8 heteroatoms. The minimum Gasteiger partial charge on any atom is -0.387 e. The second kappa shape index (κ2) is 6.45. The van der Waals surface area contributed by atoms with Gasteiger partial charge in [-0.15, -0.1) is 0 Å². The van der Waals surface area contributed by atoms with Gasteiger partial charge in [-0.25, -0.2) is 4.79 Å². The van der Waals surface area contributed by atoms with Crippen molar-refractivity contribution >= 4 is 17.6 Å². The zero-order valence-electron chi connectivity index (χ0n) is 14.6. The first-order valence-electron chi connectivity index (χ1n) is 8.72. The fraction of sp³-hybridized carbons (Fsp3) is 0.389. The van der Waals surface area contributed by atoms with Gasteiger partial charge in [-0.05, 0) is 31.2 Å². The third-order valence-corrected chi connectivity index (χ3v) is 4.79. The number of carbonyl (C=O) groups excluding carboxylic acids is 2. The van der Waals surface area contributed by atoms with Crippen LogP contribution in [-0.2, 0) is 13.1 Å². The quantitative estimate of drug-likeness (QED) is 0.863. The van der Waals surface area contributed by atoms with Gasteiger partial charge in [0.25, 0.3) is 5.91 Å². The number of amides is 3. The van der Waals surface area contributed by atoms with Gasteiger partial charge in [0.05, 0.1) is 30.6 Å². The topological polar surface area (TPSA) is 90.7 Å². The van der Waals surface area contributed by atoms with Crippen LogP contribution in [0.25, 0.3) is 0 Å². The molecule has 2 aliphatic rings. The Bertz CT molecular complexity index is 860. The summed E-state index contributed by atoms with van der Waals surface area (Å²) >= 11 is 0. The van der Waals surface area contributed by atoms with Gasteiger partial charge in [0.1, 0.15) is 0 Å². The molecule has 1 fully saturated rings. The number of nitrogens with one attached hydrogen (secondary N) is 1. The van der Waals surface area contributed by atoms with E-state index in [1.165, 1.54) is 0 Å². The zero-order chi connectivity index (χ0) is 18.3. The number of benzene rings is 1. The largest absolute Gasteiger partial charge is 0.387 e. The van der Waals surface area contributed by atoms with Crippen LogP contribution in [0.5, 0.6) is 0 Å². The smallest absolute Gasteiger partial charge is 0.321 e. The molecule has 0 aliphatic carbocycles. The Morgan fingerprint density at radius 3 is 2.85 bits per heavy atom. The second-order valence-corrected chi connectivity index (χ2v) is 6.62. The molecule has 2 aliphatic heterocycles. The van der Waals surface area contributed by atoms with Crippen LogP contribution in [-0.4, -0.2) is 51.4 Å². The molecule has 3 amide bonds. The van der Waals surface area contributed by atoms with Gasteiger partial charge < -0.3 is 15.3 Å². The van der Waals surface area contributed by atoms with Gasteiger partial charge in [-0.2, -0.15) is 5.10 Å². The van der Waals surface area contributed by atoms with Gasteiger partial charge >= 0.3 is 6.03 Å². The Hall–Kier alpha value is -2.87. The number of hydrogen-bond donors (Lipinski definition) is 2. The lowest BCUT2D eigenvalue weighted by Gasteiger charge is -2.28. The van der Waals surface area contributed by atoms with Gasteiger partial charge in [-0.3, -0.25) is 14.4 Å². The van der Waals surface area contributed by atoms with Crippen molar-refractivity contribution in [3.63, 3.8) is 0 Å². The number of aliphatic hydroxyl groups is 1. The van der Waals surface area contributed by atoms with Crippen molar-refractivity contribution in [3.05, 3.63) is 47.3 Å². The fourth-order valence-electron chi connectivity index (χ4n) is 3.37. The number of urea groups is 1. The maximum absolute atomic E-state index is 12.9. The molecule has 1 saturated heterocycles. The summed E-state index contributed by atoms with van der Waals surface area (Å²) < 4.78 is 1.84. The van der Waals surface area contributed by atoms with Gasteiger partial charge in [0.15, 0.2) is 0 Å². The minimum absolute atomic E-state index is 0.0718. The normalized spacial score (nSPS) is 17.8. The number of carbonyl (C=O) groups is 2. The van der Waals surface area contributed by atoms with Crippen LogP contribution in [0.15, 0.2) is 30.3 Å². The number of rotatable bonds is 3. The lowest BCUT2D eigenvalue weighted by Crippen LogP contribution is -2.38. The van der Waals surface area contributed by atoms with E-state index in [4.69, 9.17) is 0 Å². The summed E-state index contributed by atoms with van der Waals surface area (Å²) in [6, 6.07) is 8.88. The predicted molar refractivity (Wildman–Crippen MR) is 94.8 cm³/mol. The molecule has 1 atom stereocenters. The van der Waals surface area contributed by atoms with Crippen LogP contribution in [0.4, 0.5) is 10.5 Å². The Morgan fingerprint density at radius 2 is 2.12 bits per heavy atom. The third kappa shape index (κ3) is 2.92. The molecule has 136 valence electrons. The molecule has 2 aromatic rings. The summed E-state index contributed by atoms with van der Waals surface area (Å²) in [6.45, 7) is 4.49. The third-order valence-electron chi connectivity index (χ3n) is 4.79. The van der Waals surface area contributed by atoms with Crippen molar-refractivity contribution in [2.45, 2.75) is 26.1 Å². The van der Waals surface area contributed by atoms with Crippen molar-refractivity contribution < 1.29 is 14.7 Å². The molecule has 0 spiro atoms. The molecule has 26 heavy (non-hydrogen) atoms. The molecule has 8 nitrogen and oxygen atoms in total. The highest BCUT2D eigenvalue weighted by atomic mass is 16.3. The fourth-order valence-corrected chi connectivity index (χ4v) is 3.37.